The molecule has 1 amide bonds. The van der Waals surface area contributed by atoms with Crippen molar-refractivity contribution in [3.05, 3.63) is 0 Å². The minimum absolute atomic E-state index is 0.0114. The average molecular weight is 281 g/mol. The molecule has 0 aromatic rings. The maximum absolute atomic E-state index is 12.7. The van der Waals surface area contributed by atoms with Crippen LogP contribution in [0.5, 0.6) is 0 Å². The summed E-state index contributed by atoms with van der Waals surface area (Å²) in [5.74, 6) is 0.308. The fourth-order valence-electron chi connectivity index (χ4n) is 3.88. The van der Waals surface area contributed by atoms with Crippen LogP contribution >= 0.6 is 0 Å². The summed E-state index contributed by atoms with van der Waals surface area (Å²) in [6.45, 7) is 5.53. The van der Waals surface area contributed by atoms with Gasteiger partial charge in [0, 0.05) is 25.2 Å². The van der Waals surface area contributed by atoms with Crippen molar-refractivity contribution in [2.45, 2.75) is 37.8 Å². The van der Waals surface area contributed by atoms with Gasteiger partial charge in [-0.05, 0) is 45.8 Å². The molecule has 0 spiro atoms. The highest BCUT2D eigenvalue weighted by atomic mass is 16.5. The molecule has 0 saturated carbocycles. The monoisotopic (exact) mass is 281 g/mol. The molecule has 114 valence electrons. The van der Waals surface area contributed by atoms with E-state index in [4.69, 9.17) is 4.74 Å². The third-order valence-corrected chi connectivity index (χ3v) is 5.13. The molecule has 0 aliphatic carbocycles. The van der Waals surface area contributed by atoms with E-state index in [1.54, 1.807) is 0 Å². The Bertz CT molecular complexity index is 344. The zero-order valence-electron chi connectivity index (χ0n) is 12.5. The SMILES string of the molecule is CNC1COCC1C(=O)N1CCCC(N2CCCC2)C1. The molecule has 5 nitrogen and oxygen atoms in total. The Labute approximate surface area is 121 Å². The first-order valence-corrected chi connectivity index (χ1v) is 8.07. The van der Waals surface area contributed by atoms with Gasteiger partial charge in [-0.1, -0.05) is 0 Å². The topological polar surface area (TPSA) is 44.8 Å². The first-order valence-electron chi connectivity index (χ1n) is 8.07. The van der Waals surface area contributed by atoms with E-state index >= 15 is 0 Å². The lowest BCUT2D eigenvalue weighted by Crippen LogP contribution is -2.52. The van der Waals surface area contributed by atoms with Crippen LogP contribution in [0.25, 0.3) is 0 Å². The fraction of sp³-hybridized carbons (Fsp3) is 0.933. The molecule has 0 aromatic heterocycles. The zero-order valence-corrected chi connectivity index (χ0v) is 12.5. The molecule has 1 N–H and O–H groups in total. The van der Waals surface area contributed by atoms with Crippen molar-refractivity contribution in [2.75, 3.05) is 46.4 Å². The van der Waals surface area contributed by atoms with Gasteiger partial charge in [-0.25, -0.2) is 0 Å². The van der Waals surface area contributed by atoms with Crippen LogP contribution in [0.2, 0.25) is 0 Å². The number of ether oxygens (including phenoxy) is 1. The Morgan fingerprint density at radius 1 is 1.15 bits per heavy atom. The van der Waals surface area contributed by atoms with Gasteiger partial charge >= 0.3 is 0 Å². The van der Waals surface area contributed by atoms with Crippen LogP contribution in [0.3, 0.4) is 0 Å². The molecule has 3 aliphatic rings. The number of nitrogens with zero attached hydrogens (tertiary/aromatic N) is 2. The number of carbonyl (C=O) groups is 1. The van der Waals surface area contributed by atoms with E-state index in [9.17, 15) is 4.79 Å². The zero-order chi connectivity index (χ0) is 13.9. The van der Waals surface area contributed by atoms with E-state index in [-0.39, 0.29) is 12.0 Å². The summed E-state index contributed by atoms with van der Waals surface area (Å²) >= 11 is 0. The first-order chi connectivity index (χ1) is 9.79. The molecular formula is C15H27N3O2. The van der Waals surface area contributed by atoms with Crippen LogP contribution in [0.1, 0.15) is 25.7 Å². The van der Waals surface area contributed by atoms with Crippen molar-refractivity contribution < 1.29 is 9.53 Å². The van der Waals surface area contributed by atoms with E-state index in [0.29, 0.717) is 25.2 Å². The number of likely N-dealkylation sites (tertiary alicyclic amines) is 2. The van der Waals surface area contributed by atoms with E-state index in [1.807, 2.05) is 7.05 Å². The lowest BCUT2D eigenvalue weighted by molar-refractivity contribution is -0.138. The molecule has 3 unspecified atom stereocenters. The van der Waals surface area contributed by atoms with E-state index in [1.165, 1.54) is 32.4 Å². The molecule has 3 saturated heterocycles. The van der Waals surface area contributed by atoms with Gasteiger partial charge < -0.3 is 15.0 Å². The van der Waals surface area contributed by atoms with Crippen molar-refractivity contribution in [1.82, 2.24) is 15.1 Å². The Hall–Kier alpha value is -0.650. The van der Waals surface area contributed by atoms with Crippen LogP contribution in [0.15, 0.2) is 0 Å². The minimum atomic E-state index is 0.0114. The summed E-state index contributed by atoms with van der Waals surface area (Å²) in [5.41, 5.74) is 0. The molecule has 3 atom stereocenters. The summed E-state index contributed by atoms with van der Waals surface area (Å²) in [4.78, 5) is 17.4. The molecule has 3 heterocycles. The normalized spacial score (nSPS) is 35.6. The second-order valence-corrected chi connectivity index (χ2v) is 6.36. The van der Waals surface area contributed by atoms with Gasteiger partial charge in [0.2, 0.25) is 5.91 Å². The van der Waals surface area contributed by atoms with E-state index in [2.05, 4.69) is 15.1 Å². The van der Waals surface area contributed by atoms with Crippen LogP contribution in [-0.2, 0) is 9.53 Å². The average Bonchev–Trinajstić information content (AvgIpc) is 3.17. The Morgan fingerprint density at radius 2 is 1.95 bits per heavy atom. The predicted octanol–water partition coefficient (Wildman–Crippen LogP) is 0.308. The molecule has 3 rings (SSSR count). The third-order valence-electron chi connectivity index (χ3n) is 5.13. The lowest BCUT2D eigenvalue weighted by atomic mass is 9.98. The van der Waals surface area contributed by atoms with Crippen molar-refractivity contribution in [3.8, 4) is 0 Å². The Morgan fingerprint density at radius 3 is 2.70 bits per heavy atom. The number of amides is 1. The van der Waals surface area contributed by atoms with Crippen LogP contribution < -0.4 is 5.32 Å². The van der Waals surface area contributed by atoms with Crippen molar-refractivity contribution in [2.24, 2.45) is 5.92 Å². The molecule has 3 aliphatic heterocycles. The number of carbonyl (C=O) groups excluding carboxylic acids is 1. The molecule has 0 aromatic carbocycles. The van der Waals surface area contributed by atoms with Gasteiger partial charge in [-0.15, -0.1) is 0 Å². The minimum Gasteiger partial charge on any atom is -0.379 e. The van der Waals surface area contributed by atoms with Crippen LogP contribution in [0, 0.1) is 5.92 Å². The predicted molar refractivity (Wildman–Crippen MR) is 77.6 cm³/mol. The largest absolute Gasteiger partial charge is 0.379 e. The van der Waals surface area contributed by atoms with Gasteiger partial charge in [-0.3, -0.25) is 9.69 Å². The van der Waals surface area contributed by atoms with E-state index < -0.39 is 0 Å². The molecule has 0 radical (unpaired) electrons. The number of rotatable bonds is 3. The van der Waals surface area contributed by atoms with Gasteiger partial charge in [0.05, 0.1) is 19.1 Å². The quantitative estimate of drug-likeness (QED) is 0.808. The molecular weight excluding hydrogens is 254 g/mol. The summed E-state index contributed by atoms with van der Waals surface area (Å²) in [6, 6.07) is 0.778. The second kappa shape index (κ2) is 6.41. The smallest absolute Gasteiger partial charge is 0.229 e. The molecule has 5 heteroatoms. The maximum atomic E-state index is 12.7. The summed E-state index contributed by atoms with van der Waals surface area (Å²) in [6.07, 6.45) is 5.04. The number of hydrogen-bond donors (Lipinski definition) is 1. The summed E-state index contributed by atoms with van der Waals surface area (Å²) < 4.78 is 5.48. The standard InChI is InChI=1S/C15H27N3O2/c1-16-14-11-20-10-13(14)15(19)18-8-4-5-12(9-18)17-6-2-3-7-17/h12-14,16H,2-11H2,1H3. The number of piperidine rings is 1. The van der Waals surface area contributed by atoms with Crippen molar-refractivity contribution in [1.29, 1.82) is 0 Å². The fourth-order valence-corrected chi connectivity index (χ4v) is 3.88. The van der Waals surface area contributed by atoms with Crippen molar-refractivity contribution in [3.63, 3.8) is 0 Å². The van der Waals surface area contributed by atoms with Gasteiger partial charge in [0.25, 0.3) is 0 Å². The Balaban J connectivity index is 1.59. The summed E-state index contributed by atoms with van der Waals surface area (Å²) in [7, 11) is 1.92. The highest BCUT2D eigenvalue weighted by molar-refractivity contribution is 5.80. The third kappa shape index (κ3) is 2.85. The number of likely N-dealkylation sites (N-methyl/N-ethyl adjacent to an activating group) is 1. The van der Waals surface area contributed by atoms with Crippen molar-refractivity contribution >= 4 is 5.91 Å². The number of nitrogens with one attached hydrogen (secondary N) is 1. The van der Waals surface area contributed by atoms with Crippen LogP contribution in [-0.4, -0.2) is 74.2 Å². The highest BCUT2D eigenvalue weighted by Crippen LogP contribution is 2.23. The highest BCUT2D eigenvalue weighted by Gasteiger charge is 2.38. The van der Waals surface area contributed by atoms with Gasteiger partial charge in [-0.2, -0.15) is 0 Å². The molecule has 3 fully saturated rings. The molecule has 20 heavy (non-hydrogen) atoms. The maximum Gasteiger partial charge on any atom is 0.229 e. The van der Waals surface area contributed by atoms with Gasteiger partial charge in [0.1, 0.15) is 0 Å². The lowest BCUT2D eigenvalue weighted by Gasteiger charge is -2.39. The first kappa shape index (κ1) is 14.3. The molecule has 0 bridgehead atoms. The Kier molecular flexibility index (Phi) is 4.58. The second-order valence-electron chi connectivity index (χ2n) is 6.36. The van der Waals surface area contributed by atoms with Gasteiger partial charge in [0.15, 0.2) is 0 Å². The van der Waals surface area contributed by atoms with Crippen LogP contribution in [0.4, 0.5) is 0 Å². The summed E-state index contributed by atoms with van der Waals surface area (Å²) in [5, 5.41) is 3.22. The number of hydrogen-bond acceptors (Lipinski definition) is 4. The van der Waals surface area contributed by atoms with E-state index in [0.717, 1.165) is 19.5 Å².